The second-order valence-corrected chi connectivity index (χ2v) is 5.72. The van der Waals surface area contributed by atoms with Gasteiger partial charge >= 0.3 is 0 Å². The van der Waals surface area contributed by atoms with Crippen LogP contribution < -0.4 is 0 Å². The van der Waals surface area contributed by atoms with Gasteiger partial charge in [0.25, 0.3) is 0 Å². The van der Waals surface area contributed by atoms with Gasteiger partial charge in [0.1, 0.15) is 0 Å². The highest BCUT2D eigenvalue weighted by molar-refractivity contribution is 8.00. The van der Waals surface area contributed by atoms with Crippen molar-refractivity contribution in [3.05, 3.63) is 47.7 Å². The molecule has 1 heterocycles. The lowest BCUT2D eigenvalue weighted by atomic mass is 10.1. The van der Waals surface area contributed by atoms with Crippen molar-refractivity contribution in [3.8, 4) is 0 Å². The van der Waals surface area contributed by atoms with Crippen LogP contribution in [0.5, 0.6) is 0 Å². The van der Waals surface area contributed by atoms with Gasteiger partial charge in [0.15, 0.2) is 5.78 Å². The molecule has 0 aliphatic rings. The molecule has 0 saturated carbocycles. The summed E-state index contributed by atoms with van der Waals surface area (Å²) >= 11 is 1.59. The summed E-state index contributed by atoms with van der Waals surface area (Å²) in [6.07, 6.45) is 0.808. The molecule has 3 nitrogen and oxygen atoms in total. The van der Waals surface area contributed by atoms with Crippen LogP contribution in [0.2, 0.25) is 0 Å². The normalized spacial score (nSPS) is 12.4. The molecule has 0 spiro atoms. The molecule has 0 N–H and O–H groups in total. The van der Waals surface area contributed by atoms with E-state index >= 15 is 0 Å². The Morgan fingerprint density at radius 2 is 2.05 bits per heavy atom. The highest BCUT2D eigenvalue weighted by Gasteiger charge is 2.20. The minimum absolute atomic E-state index is 0.0581. The molecule has 1 atom stereocenters. The average molecular weight is 274 g/mol. The van der Waals surface area contributed by atoms with Crippen molar-refractivity contribution in [2.24, 2.45) is 7.05 Å². The van der Waals surface area contributed by atoms with E-state index in [1.807, 2.05) is 62.0 Å². The zero-order valence-electron chi connectivity index (χ0n) is 11.5. The maximum atomic E-state index is 12.4. The van der Waals surface area contributed by atoms with Crippen molar-refractivity contribution >= 4 is 17.5 Å². The molecular formula is C15H18N2OS. The maximum absolute atomic E-state index is 12.4. The van der Waals surface area contributed by atoms with Crippen LogP contribution >= 0.6 is 11.8 Å². The summed E-state index contributed by atoms with van der Waals surface area (Å²) in [5.41, 5.74) is 1.76. The van der Waals surface area contributed by atoms with Gasteiger partial charge in [-0.2, -0.15) is 5.10 Å². The van der Waals surface area contributed by atoms with Crippen molar-refractivity contribution < 1.29 is 4.79 Å². The zero-order chi connectivity index (χ0) is 13.8. The molecule has 0 radical (unpaired) electrons. The van der Waals surface area contributed by atoms with Gasteiger partial charge in [-0.05, 0) is 19.4 Å². The first-order valence-electron chi connectivity index (χ1n) is 6.38. The van der Waals surface area contributed by atoms with E-state index in [9.17, 15) is 4.79 Å². The predicted octanol–water partition coefficient (Wildman–Crippen LogP) is 3.48. The van der Waals surface area contributed by atoms with Crippen molar-refractivity contribution in [1.29, 1.82) is 0 Å². The lowest BCUT2D eigenvalue weighted by Gasteiger charge is -2.13. The number of carbonyl (C=O) groups excluding carboxylic acids is 1. The molecule has 0 aliphatic heterocycles. The second kappa shape index (κ2) is 6.06. The first kappa shape index (κ1) is 13.9. The van der Waals surface area contributed by atoms with Crippen molar-refractivity contribution in [1.82, 2.24) is 9.78 Å². The van der Waals surface area contributed by atoms with E-state index in [-0.39, 0.29) is 11.0 Å². The van der Waals surface area contributed by atoms with Crippen LogP contribution in [0.25, 0.3) is 0 Å². The van der Waals surface area contributed by atoms with Crippen LogP contribution in [0.3, 0.4) is 0 Å². The highest BCUT2D eigenvalue weighted by Crippen LogP contribution is 2.28. The minimum atomic E-state index is -0.0581. The molecule has 0 bridgehead atoms. The third kappa shape index (κ3) is 3.26. The Kier molecular flexibility index (Phi) is 4.43. The molecule has 1 unspecified atom stereocenters. The summed E-state index contributed by atoms with van der Waals surface area (Å²) in [4.78, 5) is 12.4. The monoisotopic (exact) mass is 274 g/mol. The van der Waals surface area contributed by atoms with Gasteiger partial charge in [-0.3, -0.25) is 9.48 Å². The van der Waals surface area contributed by atoms with Gasteiger partial charge in [-0.25, -0.2) is 0 Å². The fourth-order valence-electron chi connectivity index (χ4n) is 1.95. The van der Waals surface area contributed by atoms with Gasteiger partial charge < -0.3 is 0 Å². The number of Topliss-reactive ketones (excluding diaryl/α,β-unsaturated/α-hetero) is 1. The Hall–Kier alpha value is -1.55. The summed E-state index contributed by atoms with van der Waals surface area (Å²) < 4.78 is 1.83. The van der Waals surface area contributed by atoms with E-state index in [2.05, 4.69) is 5.10 Å². The van der Waals surface area contributed by atoms with E-state index in [1.165, 1.54) is 0 Å². The topological polar surface area (TPSA) is 34.9 Å². The van der Waals surface area contributed by atoms with Crippen molar-refractivity contribution in [2.45, 2.75) is 30.5 Å². The van der Waals surface area contributed by atoms with Crippen molar-refractivity contribution in [3.63, 3.8) is 0 Å². The van der Waals surface area contributed by atoms with Gasteiger partial charge in [-0.15, -0.1) is 0 Å². The number of carbonyl (C=O) groups is 1. The zero-order valence-corrected chi connectivity index (χ0v) is 12.3. The average Bonchev–Trinajstić information content (AvgIpc) is 2.74. The third-order valence-electron chi connectivity index (χ3n) is 2.94. The maximum Gasteiger partial charge on any atom is 0.176 e. The molecule has 0 fully saturated rings. The predicted molar refractivity (Wildman–Crippen MR) is 78.7 cm³/mol. The Labute approximate surface area is 118 Å². The van der Waals surface area contributed by atoms with Crippen LogP contribution in [0.4, 0.5) is 0 Å². The molecule has 2 rings (SSSR count). The van der Waals surface area contributed by atoms with Gasteiger partial charge in [0.2, 0.25) is 0 Å². The summed E-state index contributed by atoms with van der Waals surface area (Å²) in [7, 11) is 1.91. The molecule has 0 aliphatic carbocycles. The molecule has 0 amide bonds. The first-order chi connectivity index (χ1) is 9.11. The molecule has 2 aromatic rings. The Morgan fingerprint density at radius 3 is 2.58 bits per heavy atom. The SMILES string of the molecule is CCC(Sc1cc(C)nn1C)C(=O)c1ccccc1. The molecule has 1 aromatic heterocycles. The molecule has 19 heavy (non-hydrogen) atoms. The number of aryl methyl sites for hydroxylation is 2. The number of thioether (sulfide) groups is 1. The Balaban J connectivity index is 2.17. The van der Waals surface area contributed by atoms with Crippen LogP contribution in [0, 0.1) is 6.92 Å². The van der Waals surface area contributed by atoms with Gasteiger partial charge in [-0.1, -0.05) is 49.0 Å². The number of rotatable bonds is 5. The summed E-state index contributed by atoms with van der Waals surface area (Å²) in [6.45, 7) is 4.01. The minimum Gasteiger partial charge on any atom is -0.293 e. The van der Waals surface area contributed by atoms with E-state index in [0.29, 0.717) is 0 Å². The van der Waals surface area contributed by atoms with E-state index < -0.39 is 0 Å². The lowest BCUT2D eigenvalue weighted by molar-refractivity contribution is 0.0988. The lowest BCUT2D eigenvalue weighted by Crippen LogP contribution is -2.17. The van der Waals surface area contributed by atoms with Crippen LogP contribution in [0.1, 0.15) is 29.4 Å². The van der Waals surface area contributed by atoms with Crippen LogP contribution in [-0.2, 0) is 7.05 Å². The Bertz CT molecular complexity index is 563. The Morgan fingerprint density at radius 1 is 1.37 bits per heavy atom. The molecular weight excluding hydrogens is 256 g/mol. The molecule has 1 aromatic carbocycles. The summed E-state index contributed by atoms with van der Waals surface area (Å²) in [5.74, 6) is 0.187. The standard InChI is InChI=1S/C15H18N2OS/c1-4-13(15(18)12-8-6-5-7-9-12)19-14-10-11(2)16-17(14)3/h5-10,13H,4H2,1-3H3. The molecule has 4 heteroatoms. The number of hydrogen-bond acceptors (Lipinski definition) is 3. The second-order valence-electron chi connectivity index (χ2n) is 4.49. The van der Waals surface area contributed by atoms with E-state index in [4.69, 9.17) is 0 Å². The summed E-state index contributed by atoms with van der Waals surface area (Å²) in [5, 5.41) is 5.29. The van der Waals surface area contributed by atoms with Gasteiger partial charge in [0.05, 0.1) is 16.0 Å². The van der Waals surface area contributed by atoms with Gasteiger partial charge in [0, 0.05) is 12.6 Å². The number of ketones is 1. The third-order valence-corrected chi connectivity index (χ3v) is 4.40. The summed E-state index contributed by atoms with van der Waals surface area (Å²) in [6, 6.07) is 11.5. The fourth-order valence-corrected chi connectivity index (χ4v) is 3.09. The van der Waals surface area contributed by atoms with Crippen molar-refractivity contribution in [2.75, 3.05) is 0 Å². The highest BCUT2D eigenvalue weighted by atomic mass is 32.2. The van der Waals surface area contributed by atoms with Crippen LogP contribution in [-0.4, -0.2) is 20.8 Å². The van der Waals surface area contributed by atoms with Crippen LogP contribution in [0.15, 0.2) is 41.4 Å². The quantitative estimate of drug-likeness (QED) is 0.618. The smallest absolute Gasteiger partial charge is 0.176 e. The number of aromatic nitrogens is 2. The van der Waals surface area contributed by atoms with E-state index in [1.54, 1.807) is 11.8 Å². The largest absolute Gasteiger partial charge is 0.293 e. The first-order valence-corrected chi connectivity index (χ1v) is 7.26. The number of hydrogen-bond donors (Lipinski definition) is 0. The molecule has 0 saturated heterocycles. The molecule has 100 valence electrons. The van der Waals surface area contributed by atoms with E-state index in [0.717, 1.165) is 22.7 Å². The number of benzene rings is 1. The fraction of sp³-hybridized carbons (Fsp3) is 0.333. The number of nitrogens with zero attached hydrogens (tertiary/aromatic N) is 2.